The lowest BCUT2D eigenvalue weighted by Crippen LogP contribution is -2.36. The van der Waals surface area contributed by atoms with E-state index in [4.69, 9.17) is 9.47 Å². The predicted octanol–water partition coefficient (Wildman–Crippen LogP) is 5.77. The molecule has 2 aliphatic carbocycles. The normalized spacial score (nSPS) is 33.7. The van der Waals surface area contributed by atoms with Gasteiger partial charge in [-0.25, -0.2) is 0 Å². The predicted molar refractivity (Wildman–Crippen MR) is 112 cm³/mol. The van der Waals surface area contributed by atoms with Crippen LogP contribution in [-0.4, -0.2) is 24.1 Å². The standard InChI is InChI=1S/C24H42O4/c1-15(2)19-9-7-17(5)13-21(19)27-23(25)11-12-24(26)28-22-14-18(6)8-10-20(22)16(3)4/h15-22H,7-14H2,1-6H3/t17-,18-,19+,20+,21-,22-/m0/s1. The second-order valence-corrected chi connectivity index (χ2v) is 10.2. The molecule has 0 radical (unpaired) electrons. The molecule has 4 heteroatoms. The van der Waals surface area contributed by atoms with Gasteiger partial charge in [0.25, 0.3) is 0 Å². The number of ether oxygens (including phenoxy) is 2. The van der Waals surface area contributed by atoms with Crippen molar-refractivity contribution in [3.63, 3.8) is 0 Å². The third-order valence-corrected chi connectivity index (χ3v) is 7.02. The van der Waals surface area contributed by atoms with Gasteiger partial charge >= 0.3 is 11.9 Å². The van der Waals surface area contributed by atoms with Crippen LogP contribution in [0, 0.1) is 35.5 Å². The third kappa shape index (κ3) is 6.77. The number of hydrogen-bond donors (Lipinski definition) is 0. The molecule has 2 aliphatic rings. The van der Waals surface area contributed by atoms with E-state index >= 15 is 0 Å². The summed E-state index contributed by atoms with van der Waals surface area (Å²) in [5, 5.41) is 0. The Balaban J connectivity index is 1.80. The molecule has 0 bridgehead atoms. The summed E-state index contributed by atoms with van der Waals surface area (Å²) in [4.78, 5) is 24.8. The fraction of sp³-hybridized carbons (Fsp3) is 0.917. The van der Waals surface area contributed by atoms with Crippen LogP contribution in [0.15, 0.2) is 0 Å². The Bertz CT molecular complexity index is 467. The average molecular weight is 395 g/mol. The lowest BCUT2D eigenvalue weighted by atomic mass is 9.75. The van der Waals surface area contributed by atoms with E-state index in [0.717, 1.165) is 25.7 Å². The van der Waals surface area contributed by atoms with Crippen molar-refractivity contribution >= 4 is 11.9 Å². The van der Waals surface area contributed by atoms with Crippen LogP contribution in [0.3, 0.4) is 0 Å². The van der Waals surface area contributed by atoms with E-state index < -0.39 is 0 Å². The Morgan fingerprint density at radius 1 is 0.714 bits per heavy atom. The molecule has 2 saturated carbocycles. The van der Waals surface area contributed by atoms with Crippen LogP contribution < -0.4 is 0 Å². The second-order valence-electron chi connectivity index (χ2n) is 10.2. The van der Waals surface area contributed by atoms with Gasteiger partial charge in [0.1, 0.15) is 12.2 Å². The van der Waals surface area contributed by atoms with E-state index in [1.54, 1.807) is 0 Å². The summed E-state index contributed by atoms with van der Waals surface area (Å²) in [6.07, 6.45) is 6.79. The van der Waals surface area contributed by atoms with Crippen LogP contribution in [-0.2, 0) is 19.1 Å². The molecule has 28 heavy (non-hydrogen) atoms. The average Bonchev–Trinajstić information content (AvgIpc) is 2.59. The molecule has 0 N–H and O–H groups in total. The monoisotopic (exact) mass is 394 g/mol. The highest BCUT2D eigenvalue weighted by Gasteiger charge is 2.35. The van der Waals surface area contributed by atoms with Crippen LogP contribution >= 0.6 is 0 Å². The summed E-state index contributed by atoms with van der Waals surface area (Å²) in [6.45, 7) is 13.3. The van der Waals surface area contributed by atoms with Gasteiger partial charge < -0.3 is 9.47 Å². The smallest absolute Gasteiger partial charge is 0.306 e. The SMILES string of the molecule is CC(C)[C@H]1CC[C@H](C)C[C@@H]1OC(=O)CCC(=O)O[C@H]1C[C@@H](C)CC[C@@H]1C(C)C. The summed E-state index contributed by atoms with van der Waals surface area (Å²) in [6, 6.07) is 0. The van der Waals surface area contributed by atoms with Crippen molar-refractivity contribution in [3.05, 3.63) is 0 Å². The summed E-state index contributed by atoms with van der Waals surface area (Å²) in [5.74, 6) is 2.58. The van der Waals surface area contributed by atoms with Crippen molar-refractivity contribution in [2.45, 2.75) is 105 Å². The molecule has 0 saturated heterocycles. The van der Waals surface area contributed by atoms with Gasteiger partial charge in [-0.05, 0) is 61.2 Å². The highest BCUT2D eigenvalue weighted by atomic mass is 16.6. The van der Waals surface area contributed by atoms with Gasteiger partial charge in [0.2, 0.25) is 0 Å². The van der Waals surface area contributed by atoms with E-state index in [0.29, 0.717) is 35.5 Å². The lowest BCUT2D eigenvalue weighted by molar-refractivity contribution is -0.163. The minimum atomic E-state index is -0.251. The van der Waals surface area contributed by atoms with Crippen molar-refractivity contribution in [2.24, 2.45) is 35.5 Å². The Kier molecular flexibility index (Phi) is 8.82. The maximum absolute atomic E-state index is 12.4. The summed E-state index contributed by atoms with van der Waals surface area (Å²) in [5.41, 5.74) is 0. The molecule has 0 unspecified atom stereocenters. The number of carbonyl (C=O) groups excluding carboxylic acids is 2. The Labute approximate surface area is 172 Å². The number of rotatable bonds is 7. The Hall–Kier alpha value is -1.06. The minimum absolute atomic E-state index is 0.00298. The minimum Gasteiger partial charge on any atom is -0.462 e. The van der Waals surface area contributed by atoms with Gasteiger partial charge in [-0.1, -0.05) is 54.4 Å². The molecule has 0 spiro atoms. The molecule has 0 aromatic carbocycles. The van der Waals surface area contributed by atoms with Crippen LogP contribution in [0.5, 0.6) is 0 Å². The first-order chi connectivity index (χ1) is 13.2. The first-order valence-electron chi connectivity index (χ1n) is 11.6. The van der Waals surface area contributed by atoms with Crippen molar-refractivity contribution in [3.8, 4) is 0 Å². The van der Waals surface area contributed by atoms with Gasteiger partial charge in [0, 0.05) is 0 Å². The molecule has 0 amide bonds. The van der Waals surface area contributed by atoms with Gasteiger partial charge in [-0.15, -0.1) is 0 Å². The fourth-order valence-electron chi connectivity index (χ4n) is 5.16. The molecular formula is C24H42O4. The summed E-state index contributed by atoms with van der Waals surface area (Å²) < 4.78 is 11.6. The molecular weight excluding hydrogens is 352 g/mol. The Morgan fingerprint density at radius 2 is 1.07 bits per heavy atom. The molecule has 0 aromatic heterocycles. The highest BCUT2D eigenvalue weighted by Crippen LogP contribution is 2.36. The van der Waals surface area contributed by atoms with Crippen LogP contribution in [0.25, 0.3) is 0 Å². The van der Waals surface area contributed by atoms with Crippen molar-refractivity contribution in [1.82, 2.24) is 0 Å². The first kappa shape index (κ1) is 23.2. The number of carbonyl (C=O) groups is 2. The molecule has 162 valence electrons. The maximum atomic E-state index is 12.4. The second kappa shape index (κ2) is 10.6. The molecule has 2 fully saturated rings. The van der Waals surface area contributed by atoms with E-state index in [-0.39, 0.29) is 37.0 Å². The number of hydrogen-bond acceptors (Lipinski definition) is 4. The van der Waals surface area contributed by atoms with Gasteiger partial charge in [0.15, 0.2) is 0 Å². The molecule has 0 heterocycles. The van der Waals surface area contributed by atoms with Crippen molar-refractivity contribution < 1.29 is 19.1 Å². The van der Waals surface area contributed by atoms with Gasteiger partial charge in [-0.2, -0.15) is 0 Å². The zero-order valence-corrected chi connectivity index (χ0v) is 18.9. The van der Waals surface area contributed by atoms with E-state index in [9.17, 15) is 9.59 Å². The molecule has 0 aliphatic heterocycles. The first-order valence-corrected chi connectivity index (χ1v) is 11.6. The van der Waals surface area contributed by atoms with Crippen LogP contribution in [0.1, 0.15) is 92.9 Å². The molecule has 6 atom stereocenters. The number of esters is 2. The van der Waals surface area contributed by atoms with E-state index in [2.05, 4.69) is 41.5 Å². The van der Waals surface area contributed by atoms with Crippen molar-refractivity contribution in [1.29, 1.82) is 0 Å². The molecule has 0 aromatic rings. The Morgan fingerprint density at radius 3 is 1.39 bits per heavy atom. The molecule has 2 rings (SSSR count). The topological polar surface area (TPSA) is 52.6 Å². The zero-order chi connectivity index (χ0) is 20.8. The third-order valence-electron chi connectivity index (χ3n) is 7.02. The quantitative estimate of drug-likeness (QED) is 0.514. The van der Waals surface area contributed by atoms with Crippen LogP contribution in [0.4, 0.5) is 0 Å². The molecule has 4 nitrogen and oxygen atoms in total. The lowest BCUT2D eigenvalue weighted by Gasteiger charge is -2.37. The fourth-order valence-corrected chi connectivity index (χ4v) is 5.16. The van der Waals surface area contributed by atoms with Crippen LogP contribution in [0.2, 0.25) is 0 Å². The van der Waals surface area contributed by atoms with Gasteiger partial charge in [0.05, 0.1) is 12.8 Å². The van der Waals surface area contributed by atoms with Gasteiger partial charge in [-0.3, -0.25) is 9.59 Å². The van der Waals surface area contributed by atoms with Crippen molar-refractivity contribution in [2.75, 3.05) is 0 Å². The van der Waals surface area contributed by atoms with E-state index in [1.165, 1.54) is 12.8 Å². The zero-order valence-electron chi connectivity index (χ0n) is 18.9. The summed E-state index contributed by atoms with van der Waals surface area (Å²) in [7, 11) is 0. The van der Waals surface area contributed by atoms with E-state index in [1.807, 2.05) is 0 Å². The summed E-state index contributed by atoms with van der Waals surface area (Å²) >= 11 is 0. The maximum Gasteiger partial charge on any atom is 0.306 e. The largest absolute Gasteiger partial charge is 0.462 e. The highest BCUT2D eigenvalue weighted by molar-refractivity contribution is 5.77.